The minimum Gasteiger partial charge on any atom is -0.493 e. The van der Waals surface area contributed by atoms with Gasteiger partial charge in [0, 0.05) is 41.6 Å². The SMILES string of the molecule is COc1cc(Cl)cc(CBr)c1OCCc1cnn(C)c1. The van der Waals surface area contributed by atoms with Crippen LogP contribution in [0, 0.1) is 0 Å². The van der Waals surface area contributed by atoms with Gasteiger partial charge in [-0.05, 0) is 11.6 Å². The van der Waals surface area contributed by atoms with Crippen molar-refractivity contribution in [2.75, 3.05) is 13.7 Å². The summed E-state index contributed by atoms with van der Waals surface area (Å²) in [6.45, 7) is 0.559. The molecule has 0 amide bonds. The minimum absolute atomic E-state index is 0.559. The summed E-state index contributed by atoms with van der Waals surface area (Å²) < 4.78 is 13.0. The highest BCUT2D eigenvalue weighted by atomic mass is 79.9. The number of ether oxygens (including phenoxy) is 2. The molecule has 0 saturated carbocycles. The summed E-state index contributed by atoms with van der Waals surface area (Å²) in [7, 11) is 3.51. The van der Waals surface area contributed by atoms with Gasteiger partial charge in [0.1, 0.15) is 0 Å². The summed E-state index contributed by atoms with van der Waals surface area (Å²) in [5.41, 5.74) is 2.11. The molecular weight excluding hydrogens is 344 g/mol. The van der Waals surface area contributed by atoms with E-state index >= 15 is 0 Å². The smallest absolute Gasteiger partial charge is 0.165 e. The Morgan fingerprint density at radius 3 is 2.80 bits per heavy atom. The van der Waals surface area contributed by atoms with Crippen LogP contribution in [0.1, 0.15) is 11.1 Å². The predicted molar refractivity (Wildman–Crippen MR) is 83.0 cm³/mol. The topological polar surface area (TPSA) is 36.3 Å². The van der Waals surface area contributed by atoms with Gasteiger partial charge >= 0.3 is 0 Å². The largest absolute Gasteiger partial charge is 0.493 e. The lowest BCUT2D eigenvalue weighted by molar-refractivity contribution is 0.295. The normalized spacial score (nSPS) is 10.6. The molecule has 0 unspecified atom stereocenters. The Balaban J connectivity index is 2.08. The molecule has 0 aliphatic carbocycles. The molecule has 20 heavy (non-hydrogen) atoms. The van der Waals surface area contributed by atoms with Gasteiger partial charge in [0.15, 0.2) is 11.5 Å². The van der Waals surface area contributed by atoms with Gasteiger partial charge in [-0.3, -0.25) is 4.68 Å². The molecule has 0 bridgehead atoms. The van der Waals surface area contributed by atoms with E-state index in [9.17, 15) is 0 Å². The van der Waals surface area contributed by atoms with E-state index in [1.807, 2.05) is 25.5 Å². The third kappa shape index (κ3) is 3.67. The first-order chi connectivity index (χ1) is 9.63. The molecule has 1 aromatic carbocycles. The van der Waals surface area contributed by atoms with Crippen LogP contribution in [-0.4, -0.2) is 23.5 Å². The van der Waals surface area contributed by atoms with Gasteiger partial charge in [-0.1, -0.05) is 27.5 Å². The molecule has 0 saturated heterocycles. The maximum atomic E-state index is 6.04. The van der Waals surface area contributed by atoms with E-state index in [1.165, 1.54) is 0 Å². The monoisotopic (exact) mass is 358 g/mol. The van der Waals surface area contributed by atoms with Crippen LogP contribution in [0.25, 0.3) is 0 Å². The lowest BCUT2D eigenvalue weighted by Crippen LogP contribution is -2.04. The molecule has 6 heteroatoms. The van der Waals surface area contributed by atoms with E-state index in [1.54, 1.807) is 17.9 Å². The Morgan fingerprint density at radius 1 is 1.40 bits per heavy atom. The Kier molecular flexibility index (Phi) is 5.31. The molecule has 1 aromatic heterocycles. The van der Waals surface area contributed by atoms with E-state index in [2.05, 4.69) is 21.0 Å². The summed E-state index contributed by atoms with van der Waals surface area (Å²) in [6, 6.07) is 3.63. The fourth-order valence-electron chi connectivity index (χ4n) is 1.91. The second kappa shape index (κ2) is 6.99. The molecule has 2 aromatic rings. The molecule has 0 N–H and O–H groups in total. The van der Waals surface area contributed by atoms with Gasteiger partial charge < -0.3 is 9.47 Å². The Hall–Kier alpha value is -1.20. The molecule has 0 fully saturated rings. The van der Waals surface area contributed by atoms with Crippen molar-refractivity contribution < 1.29 is 9.47 Å². The lowest BCUT2D eigenvalue weighted by Gasteiger charge is -2.14. The number of hydrogen-bond acceptors (Lipinski definition) is 3. The number of aromatic nitrogens is 2. The second-order valence-electron chi connectivity index (χ2n) is 4.35. The van der Waals surface area contributed by atoms with Crippen LogP contribution in [0.4, 0.5) is 0 Å². The third-order valence-electron chi connectivity index (χ3n) is 2.86. The maximum absolute atomic E-state index is 6.04. The highest BCUT2D eigenvalue weighted by Gasteiger charge is 2.12. The zero-order valence-corrected chi connectivity index (χ0v) is 13.7. The van der Waals surface area contributed by atoms with Crippen molar-refractivity contribution in [3.05, 3.63) is 40.7 Å². The van der Waals surface area contributed by atoms with Crippen molar-refractivity contribution in [3.8, 4) is 11.5 Å². The zero-order chi connectivity index (χ0) is 14.5. The van der Waals surface area contributed by atoms with E-state index in [0.29, 0.717) is 22.7 Å². The fraction of sp³-hybridized carbons (Fsp3) is 0.357. The first kappa shape index (κ1) is 15.2. The summed E-state index contributed by atoms with van der Waals surface area (Å²) in [6.07, 6.45) is 4.61. The summed E-state index contributed by atoms with van der Waals surface area (Å²) in [5.74, 6) is 1.39. The average Bonchev–Trinajstić information content (AvgIpc) is 2.85. The van der Waals surface area contributed by atoms with Gasteiger partial charge in [-0.25, -0.2) is 0 Å². The molecule has 4 nitrogen and oxygen atoms in total. The first-order valence-electron chi connectivity index (χ1n) is 6.16. The number of nitrogens with zero attached hydrogens (tertiary/aromatic N) is 2. The van der Waals surface area contributed by atoms with Gasteiger partial charge in [0.2, 0.25) is 0 Å². The van der Waals surface area contributed by atoms with Gasteiger partial charge in [-0.15, -0.1) is 0 Å². The molecule has 108 valence electrons. The first-order valence-corrected chi connectivity index (χ1v) is 7.66. The van der Waals surface area contributed by atoms with Crippen molar-refractivity contribution in [2.45, 2.75) is 11.8 Å². The molecule has 0 aliphatic heterocycles. The highest BCUT2D eigenvalue weighted by molar-refractivity contribution is 9.08. The van der Waals surface area contributed by atoms with Crippen LogP contribution in [0.15, 0.2) is 24.5 Å². The number of alkyl halides is 1. The summed E-state index contributed by atoms with van der Waals surface area (Å²) >= 11 is 9.48. The minimum atomic E-state index is 0.559. The molecular formula is C14H16BrClN2O2. The van der Waals surface area contributed by atoms with Crippen molar-refractivity contribution in [3.63, 3.8) is 0 Å². The van der Waals surface area contributed by atoms with Gasteiger partial charge in [0.25, 0.3) is 0 Å². The van der Waals surface area contributed by atoms with Crippen molar-refractivity contribution in [1.82, 2.24) is 9.78 Å². The maximum Gasteiger partial charge on any atom is 0.165 e. The predicted octanol–water partition coefficient (Wildman–Crippen LogP) is 3.60. The standard InChI is InChI=1S/C14H16BrClN2O2/c1-18-9-10(8-17-18)3-4-20-14-11(7-15)5-12(16)6-13(14)19-2/h5-6,8-9H,3-4,7H2,1-2H3. The van der Waals surface area contributed by atoms with Crippen molar-refractivity contribution >= 4 is 27.5 Å². The number of aryl methyl sites for hydroxylation is 1. The number of benzene rings is 1. The van der Waals surface area contributed by atoms with Crippen LogP contribution in [0.5, 0.6) is 11.5 Å². The third-order valence-corrected chi connectivity index (χ3v) is 3.68. The van der Waals surface area contributed by atoms with Gasteiger partial charge in [0.05, 0.1) is 19.9 Å². The molecule has 1 heterocycles. The quantitative estimate of drug-likeness (QED) is 0.739. The van der Waals surface area contributed by atoms with E-state index in [-0.39, 0.29) is 0 Å². The average molecular weight is 360 g/mol. The summed E-state index contributed by atoms with van der Waals surface area (Å²) in [4.78, 5) is 0. The zero-order valence-electron chi connectivity index (χ0n) is 11.4. The van der Waals surface area contributed by atoms with Crippen molar-refractivity contribution in [1.29, 1.82) is 0 Å². The van der Waals surface area contributed by atoms with Crippen LogP contribution in [0.3, 0.4) is 0 Å². The Morgan fingerprint density at radius 2 is 2.20 bits per heavy atom. The van der Waals surface area contributed by atoms with Crippen LogP contribution >= 0.6 is 27.5 Å². The Bertz CT molecular complexity index is 561. The summed E-state index contributed by atoms with van der Waals surface area (Å²) in [5, 5.41) is 5.43. The molecule has 0 spiro atoms. The van der Waals surface area contributed by atoms with Gasteiger partial charge in [-0.2, -0.15) is 5.10 Å². The van der Waals surface area contributed by atoms with E-state index in [0.717, 1.165) is 23.3 Å². The fourth-order valence-corrected chi connectivity index (χ4v) is 2.56. The van der Waals surface area contributed by atoms with Crippen LogP contribution in [-0.2, 0) is 18.8 Å². The number of rotatable bonds is 6. The molecule has 0 atom stereocenters. The molecule has 0 aliphatic rings. The highest BCUT2D eigenvalue weighted by Crippen LogP contribution is 2.35. The van der Waals surface area contributed by atoms with Crippen LogP contribution in [0.2, 0.25) is 5.02 Å². The number of hydrogen-bond donors (Lipinski definition) is 0. The second-order valence-corrected chi connectivity index (χ2v) is 5.35. The molecule has 2 rings (SSSR count). The van der Waals surface area contributed by atoms with Crippen molar-refractivity contribution in [2.24, 2.45) is 7.05 Å². The van der Waals surface area contributed by atoms with E-state index in [4.69, 9.17) is 21.1 Å². The van der Waals surface area contributed by atoms with Crippen LogP contribution < -0.4 is 9.47 Å². The number of methoxy groups -OCH3 is 1. The molecule has 0 radical (unpaired) electrons. The lowest BCUT2D eigenvalue weighted by atomic mass is 10.2. The Labute approximate surface area is 131 Å². The number of halogens is 2. The van der Waals surface area contributed by atoms with E-state index < -0.39 is 0 Å².